The van der Waals surface area contributed by atoms with Crippen LogP contribution < -0.4 is 5.32 Å². The molecule has 3 heteroatoms. The molecule has 0 radical (unpaired) electrons. The Bertz CT molecular complexity index is 211. The quantitative estimate of drug-likeness (QED) is 0.740. The molecule has 2 aliphatic rings. The third-order valence-electron chi connectivity index (χ3n) is 4.37. The number of hydrogen-bond acceptors (Lipinski definition) is 3. The average Bonchev–Trinajstić information content (AvgIpc) is 2.40. The minimum atomic E-state index is 0.0988. The maximum atomic E-state index is 6.06. The van der Waals surface area contributed by atoms with E-state index in [9.17, 15) is 0 Å². The van der Waals surface area contributed by atoms with Crippen molar-refractivity contribution in [2.24, 2.45) is 0 Å². The summed E-state index contributed by atoms with van der Waals surface area (Å²) in [4.78, 5) is 0. The van der Waals surface area contributed by atoms with Crippen LogP contribution in [0.15, 0.2) is 0 Å². The molecule has 2 aliphatic carbocycles. The van der Waals surface area contributed by atoms with E-state index < -0.39 is 0 Å². The van der Waals surface area contributed by atoms with Gasteiger partial charge in [-0.2, -0.15) is 0 Å². The van der Waals surface area contributed by atoms with Crippen LogP contribution in [0.25, 0.3) is 0 Å². The highest BCUT2D eigenvalue weighted by Gasteiger charge is 2.20. The van der Waals surface area contributed by atoms with Crippen LogP contribution in [0.3, 0.4) is 0 Å². The van der Waals surface area contributed by atoms with Crippen LogP contribution in [0.5, 0.6) is 0 Å². The lowest BCUT2D eigenvalue weighted by Crippen LogP contribution is -2.42. The van der Waals surface area contributed by atoms with Crippen LogP contribution in [0, 0.1) is 0 Å². The van der Waals surface area contributed by atoms with E-state index in [2.05, 4.69) is 19.2 Å². The standard InChI is InChI=1S/C16H31NO2/c1-13(18-15-9-5-3-6-10-15)17-14(2)19-16-11-7-4-8-12-16/h13-17H,3-12H2,1-2H3. The van der Waals surface area contributed by atoms with Crippen molar-refractivity contribution in [3.63, 3.8) is 0 Å². The predicted octanol–water partition coefficient (Wildman–Crippen LogP) is 3.97. The van der Waals surface area contributed by atoms with E-state index in [0.717, 1.165) is 0 Å². The fraction of sp³-hybridized carbons (Fsp3) is 1.00. The highest BCUT2D eigenvalue weighted by Crippen LogP contribution is 2.22. The zero-order valence-corrected chi connectivity index (χ0v) is 12.7. The number of rotatable bonds is 6. The van der Waals surface area contributed by atoms with Crippen molar-refractivity contribution < 1.29 is 9.47 Å². The van der Waals surface area contributed by atoms with E-state index in [0.29, 0.717) is 12.2 Å². The normalized spacial score (nSPS) is 26.2. The summed E-state index contributed by atoms with van der Waals surface area (Å²) >= 11 is 0. The molecular formula is C16H31NO2. The van der Waals surface area contributed by atoms with E-state index in [1.807, 2.05) is 0 Å². The third-order valence-corrected chi connectivity index (χ3v) is 4.37. The van der Waals surface area contributed by atoms with Crippen molar-refractivity contribution in [2.45, 2.75) is 103 Å². The van der Waals surface area contributed by atoms with E-state index in [1.165, 1.54) is 64.2 Å². The maximum absolute atomic E-state index is 6.06. The summed E-state index contributed by atoms with van der Waals surface area (Å²) in [6.07, 6.45) is 14.1. The molecule has 0 aliphatic heterocycles. The van der Waals surface area contributed by atoms with Crippen LogP contribution in [0.4, 0.5) is 0 Å². The number of nitrogens with one attached hydrogen (secondary N) is 1. The topological polar surface area (TPSA) is 30.5 Å². The lowest BCUT2D eigenvalue weighted by molar-refractivity contribution is -0.0943. The molecule has 19 heavy (non-hydrogen) atoms. The fourth-order valence-electron chi connectivity index (χ4n) is 3.39. The van der Waals surface area contributed by atoms with Crippen LogP contribution in [0.2, 0.25) is 0 Å². The maximum Gasteiger partial charge on any atom is 0.107 e. The van der Waals surface area contributed by atoms with Gasteiger partial charge >= 0.3 is 0 Å². The van der Waals surface area contributed by atoms with Crippen LogP contribution >= 0.6 is 0 Å². The Balaban J connectivity index is 1.61. The first kappa shape index (κ1) is 15.3. The van der Waals surface area contributed by atoms with E-state index in [-0.39, 0.29) is 12.5 Å². The second-order valence-corrected chi connectivity index (χ2v) is 6.24. The van der Waals surface area contributed by atoms with Crippen molar-refractivity contribution in [1.82, 2.24) is 5.32 Å². The summed E-state index contributed by atoms with van der Waals surface area (Å²) in [5.74, 6) is 0. The largest absolute Gasteiger partial charge is 0.360 e. The van der Waals surface area contributed by atoms with Crippen molar-refractivity contribution in [3.8, 4) is 0 Å². The molecule has 2 saturated carbocycles. The second-order valence-electron chi connectivity index (χ2n) is 6.24. The Kier molecular flexibility index (Phi) is 6.62. The lowest BCUT2D eigenvalue weighted by Gasteiger charge is -2.30. The van der Waals surface area contributed by atoms with E-state index in [4.69, 9.17) is 9.47 Å². The molecule has 2 fully saturated rings. The average molecular weight is 269 g/mol. The van der Waals surface area contributed by atoms with Gasteiger partial charge < -0.3 is 9.47 Å². The summed E-state index contributed by atoms with van der Waals surface area (Å²) in [5.41, 5.74) is 0. The zero-order valence-electron chi connectivity index (χ0n) is 12.7. The zero-order chi connectivity index (χ0) is 13.5. The first-order valence-corrected chi connectivity index (χ1v) is 8.31. The molecule has 2 unspecified atom stereocenters. The van der Waals surface area contributed by atoms with Gasteiger partial charge in [-0.3, -0.25) is 5.32 Å². The highest BCUT2D eigenvalue weighted by atomic mass is 16.5. The molecule has 0 bridgehead atoms. The van der Waals surface area contributed by atoms with Crippen molar-refractivity contribution in [2.75, 3.05) is 0 Å². The van der Waals surface area contributed by atoms with Gasteiger partial charge in [0.2, 0.25) is 0 Å². The van der Waals surface area contributed by atoms with E-state index in [1.54, 1.807) is 0 Å². The van der Waals surface area contributed by atoms with Crippen LogP contribution in [-0.2, 0) is 9.47 Å². The molecular weight excluding hydrogens is 238 g/mol. The summed E-state index contributed by atoms with van der Waals surface area (Å²) in [6, 6.07) is 0. The summed E-state index contributed by atoms with van der Waals surface area (Å²) < 4.78 is 12.1. The van der Waals surface area contributed by atoms with Crippen molar-refractivity contribution in [3.05, 3.63) is 0 Å². The molecule has 1 N–H and O–H groups in total. The summed E-state index contributed by atoms with van der Waals surface area (Å²) in [5, 5.41) is 3.43. The fourth-order valence-corrected chi connectivity index (χ4v) is 3.39. The van der Waals surface area contributed by atoms with Gasteiger partial charge in [0, 0.05) is 0 Å². The Morgan fingerprint density at radius 2 is 1.05 bits per heavy atom. The van der Waals surface area contributed by atoms with Crippen LogP contribution in [-0.4, -0.2) is 24.7 Å². The van der Waals surface area contributed by atoms with Gasteiger partial charge in [-0.25, -0.2) is 0 Å². The SMILES string of the molecule is CC(NC(C)OC1CCCCC1)OC1CCCCC1. The van der Waals surface area contributed by atoms with Gasteiger partial charge in [0.25, 0.3) is 0 Å². The van der Waals surface area contributed by atoms with Crippen molar-refractivity contribution in [1.29, 1.82) is 0 Å². The Morgan fingerprint density at radius 1 is 0.684 bits per heavy atom. The first-order valence-electron chi connectivity index (χ1n) is 8.31. The molecule has 0 heterocycles. The molecule has 0 aromatic heterocycles. The van der Waals surface area contributed by atoms with Gasteiger partial charge in [0.05, 0.1) is 12.2 Å². The molecule has 3 nitrogen and oxygen atoms in total. The Hall–Kier alpha value is -0.120. The van der Waals surface area contributed by atoms with Gasteiger partial charge in [0.1, 0.15) is 12.5 Å². The molecule has 0 aromatic rings. The molecule has 2 atom stereocenters. The van der Waals surface area contributed by atoms with E-state index >= 15 is 0 Å². The van der Waals surface area contributed by atoms with Gasteiger partial charge in [-0.1, -0.05) is 38.5 Å². The van der Waals surface area contributed by atoms with Gasteiger partial charge in [-0.15, -0.1) is 0 Å². The Morgan fingerprint density at radius 3 is 1.42 bits per heavy atom. The third kappa shape index (κ3) is 5.80. The molecule has 0 aromatic carbocycles. The molecule has 0 spiro atoms. The minimum Gasteiger partial charge on any atom is -0.360 e. The second kappa shape index (κ2) is 8.23. The summed E-state index contributed by atoms with van der Waals surface area (Å²) in [7, 11) is 0. The molecule has 112 valence electrons. The molecule has 0 amide bonds. The molecule has 0 saturated heterocycles. The summed E-state index contributed by atoms with van der Waals surface area (Å²) in [6.45, 7) is 4.21. The smallest absolute Gasteiger partial charge is 0.107 e. The Labute approximate surface area is 118 Å². The van der Waals surface area contributed by atoms with Crippen LogP contribution in [0.1, 0.15) is 78.1 Å². The van der Waals surface area contributed by atoms with Crippen molar-refractivity contribution >= 4 is 0 Å². The molecule has 2 rings (SSSR count). The minimum absolute atomic E-state index is 0.0988. The van der Waals surface area contributed by atoms with Gasteiger partial charge in [0.15, 0.2) is 0 Å². The number of hydrogen-bond donors (Lipinski definition) is 1. The highest BCUT2D eigenvalue weighted by molar-refractivity contribution is 4.69. The predicted molar refractivity (Wildman–Crippen MR) is 78.0 cm³/mol. The monoisotopic (exact) mass is 269 g/mol. The van der Waals surface area contributed by atoms with Gasteiger partial charge in [-0.05, 0) is 39.5 Å². The lowest BCUT2D eigenvalue weighted by atomic mass is 9.98. The first-order chi connectivity index (χ1) is 9.24. The number of ether oxygens (including phenoxy) is 2.